The van der Waals surface area contributed by atoms with Crippen LogP contribution in [0.5, 0.6) is 0 Å². The lowest BCUT2D eigenvalue weighted by atomic mass is 9.41. The molecule has 0 aromatic carbocycles. The molecule has 0 saturated heterocycles. The molecular formula is C20H32O. The van der Waals surface area contributed by atoms with Gasteiger partial charge in [-0.15, -0.1) is 0 Å². The lowest BCUT2D eigenvalue weighted by Crippen LogP contribution is -2.58. The normalized spacial score (nSPS) is 55.0. The van der Waals surface area contributed by atoms with Crippen molar-refractivity contribution in [3.63, 3.8) is 0 Å². The van der Waals surface area contributed by atoms with Gasteiger partial charge in [0.2, 0.25) is 0 Å². The van der Waals surface area contributed by atoms with Crippen LogP contribution in [-0.2, 0) is 0 Å². The molecule has 0 radical (unpaired) electrons. The van der Waals surface area contributed by atoms with E-state index >= 15 is 0 Å². The van der Waals surface area contributed by atoms with Crippen LogP contribution in [0.25, 0.3) is 0 Å². The quantitative estimate of drug-likeness (QED) is 0.626. The van der Waals surface area contributed by atoms with Gasteiger partial charge < -0.3 is 5.11 Å². The van der Waals surface area contributed by atoms with Crippen LogP contribution in [0.4, 0.5) is 0 Å². The molecule has 1 nitrogen and oxygen atoms in total. The minimum atomic E-state index is -0.210. The van der Waals surface area contributed by atoms with E-state index in [0.29, 0.717) is 16.7 Å². The van der Waals surface area contributed by atoms with E-state index in [1.807, 2.05) is 0 Å². The van der Waals surface area contributed by atoms with Gasteiger partial charge in [0.1, 0.15) is 0 Å². The van der Waals surface area contributed by atoms with Gasteiger partial charge in [0.25, 0.3) is 0 Å². The smallest absolute Gasteiger partial charge is 0.0809 e. The summed E-state index contributed by atoms with van der Waals surface area (Å²) >= 11 is 0. The summed E-state index contributed by atoms with van der Waals surface area (Å²) in [4.78, 5) is 0. The minimum Gasteiger partial charge on any atom is -0.388 e. The Kier molecular flexibility index (Phi) is 2.83. The van der Waals surface area contributed by atoms with Crippen molar-refractivity contribution in [2.75, 3.05) is 0 Å². The monoisotopic (exact) mass is 288 g/mol. The third-order valence-corrected chi connectivity index (χ3v) is 8.51. The standard InChI is InChI=1S/C20H32O/c1-13-14-6-7-16-19(4)10-5-9-18(2,3)15(19)8-11-20(16,12-14)17(13)21/h14-17,21H,1,5-12H2,2-4H3/t14-,15-,16+,17?,19-,20-/m1/s1. The van der Waals surface area contributed by atoms with Gasteiger partial charge in [-0.25, -0.2) is 0 Å². The average molecular weight is 288 g/mol. The molecule has 0 aliphatic heterocycles. The maximum Gasteiger partial charge on any atom is 0.0809 e. The molecule has 4 aliphatic carbocycles. The first-order valence-corrected chi connectivity index (χ1v) is 9.18. The summed E-state index contributed by atoms with van der Waals surface area (Å²) < 4.78 is 0. The molecule has 4 fully saturated rings. The van der Waals surface area contributed by atoms with E-state index in [9.17, 15) is 5.11 Å². The fourth-order valence-electron chi connectivity index (χ4n) is 7.69. The molecule has 21 heavy (non-hydrogen) atoms. The van der Waals surface area contributed by atoms with Gasteiger partial charge in [0.05, 0.1) is 6.10 Å². The Morgan fingerprint density at radius 3 is 2.52 bits per heavy atom. The van der Waals surface area contributed by atoms with E-state index in [1.165, 1.54) is 56.9 Å². The Bertz CT molecular complexity index is 478. The first-order valence-electron chi connectivity index (χ1n) is 9.18. The Balaban J connectivity index is 1.77. The fourth-order valence-corrected chi connectivity index (χ4v) is 7.69. The van der Waals surface area contributed by atoms with Crippen LogP contribution >= 0.6 is 0 Å². The number of aliphatic hydroxyl groups excluding tert-OH is 1. The Morgan fingerprint density at radius 2 is 1.76 bits per heavy atom. The van der Waals surface area contributed by atoms with Gasteiger partial charge in [0, 0.05) is 5.41 Å². The molecule has 0 aromatic heterocycles. The van der Waals surface area contributed by atoms with Crippen LogP contribution in [0.3, 0.4) is 0 Å². The molecule has 1 unspecified atom stereocenters. The molecule has 1 N–H and O–H groups in total. The van der Waals surface area contributed by atoms with Crippen molar-refractivity contribution in [1.82, 2.24) is 0 Å². The van der Waals surface area contributed by atoms with Crippen molar-refractivity contribution in [2.24, 2.45) is 34.0 Å². The van der Waals surface area contributed by atoms with Gasteiger partial charge in [-0.05, 0) is 79.1 Å². The summed E-state index contributed by atoms with van der Waals surface area (Å²) in [5.74, 6) is 2.20. The maximum absolute atomic E-state index is 11.0. The van der Waals surface area contributed by atoms with Crippen molar-refractivity contribution in [3.8, 4) is 0 Å². The van der Waals surface area contributed by atoms with Gasteiger partial charge >= 0.3 is 0 Å². The molecular weight excluding hydrogens is 256 g/mol. The van der Waals surface area contributed by atoms with E-state index in [1.54, 1.807) is 0 Å². The van der Waals surface area contributed by atoms with Crippen molar-refractivity contribution in [2.45, 2.75) is 78.2 Å². The van der Waals surface area contributed by atoms with Crippen LogP contribution in [0, 0.1) is 34.0 Å². The Morgan fingerprint density at radius 1 is 1.00 bits per heavy atom. The lowest BCUT2D eigenvalue weighted by molar-refractivity contribution is -0.167. The van der Waals surface area contributed by atoms with Crippen molar-refractivity contribution in [3.05, 3.63) is 12.2 Å². The van der Waals surface area contributed by atoms with Gasteiger partial charge in [-0.3, -0.25) is 0 Å². The third-order valence-electron chi connectivity index (χ3n) is 8.51. The molecule has 0 aromatic rings. The fraction of sp³-hybridized carbons (Fsp3) is 0.900. The Labute approximate surface area is 130 Å². The van der Waals surface area contributed by atoms with E-state index in [-0.39, 0.29) is 11.5 Å². The number of fused-ring (bicyclic) bond motifs is 3. The molecule has 2 bridgehead atoms. The predicted molar refractivity (Wildman–Crippen MR) is 86.9 cm³/mol. The van der Waals surface area contributed by atoms with Crippen LogP contribution < -0.4 is 0 Å². The molecule has 4 rings (SSSR count). The molecule has 1 heteroatoms. The molecule has 6 atom stereocenters. The van der Waals surface area contributed by atoms with Gasteiger partial charge in [-0.2, -0.15) is 0 Å². The van der Waals surface area contributed by atoms with Gasteiger partial charge in [0.15, 0.2) is 0 Å². The second kappa shape index (κ2) is 4.16. The van der Waals surface area contributed by atoms with E-state index in [2.05, 4.69) is 27.4 Å². The third kappa shape index (κ3) is 1.62. The predicted octanol–water partition coefficient (Wildman–Crippen LogP) is 4.95. The summed E-state index contributed by atoms with van der Waals surface area (Å²) in [6, 6.07) is 0. The van der Waals surface area contributed by atoms with E-state index < -0.39 is 0 Å². The molecule has 4 aliphatic rings. The zero-order valence-electron chi connectivity index (χ0n) is 14.1. The summed E-state index contributed by atoms with van der Waals surface area (Å²) in [7, 11) is 0. The van der Waals surface area contributed by atoms with E-state index in [0.717, 1.165) is 11.8 Å². The van der Waals surface area contributed by atoms with Crippen molar-refractivity contribution in [1.29, 1.82) is 0 Å². The molecule has 118 valence electrons. The SMILES string of the molecule is C=C1C(O)[C@@]23CC[C@@H]4C(C)(C)CCC[C@@]4(C)[C@@H]2CC[C@@H]1C3. The molecule has 4 saturated carbocycles. The zero-order valence-corrected chi connectivity index (χ0v) is 14.1. The highest BCUT2D eigenvalue weighted by atomic mass is 16.3. The van der Waals surface area contributed by atoms with Crippen LogP contribution in [-0.4, -0.2) is 11.2 Å². The summed E-state index contributed by atoms with van der Waals surface area (Å²) in [6.07, 6.45) is 10.4. The van der Waals surface area contributed by atoms with E-state index in [4.69, 9.17) is 0 Å². The van der Waals surface area contributed by atoms with Crippen LogP contribution in [0.2, 0.25) is 0 Å². The van der Waals surface area contributed by atoms with Crippen LogP contribution in [0.15, 0.2) is 12.2 Å². The van der Waals surface area contributed by atoms with Crippen molar-refractivity contribution >= 4 is 0 Å². The first kappa shape index (κ1) is 14.3. The maximum atomic E-state index is 11.0. The molecule has 1 spiro atoms. The van der Waals surface area contributed by atoms with Crippen molar-refractivity contribution < 1.29 is 5.11 Å². The molecule has 0 amide bonds. The number of hydrogen-bond acceptors (Lipinski definition) is 1. The van der Waals surface area contributed by atoms with Gasteiger partial charge in [-0.1, -0.05) is 33.8 Å². The summed E-state index contributed by atoms with van der Waals surface area (Å²) in [5.41, 5.74) is 2.32. The average Bonchev–Trinajstić information content (AvgIpc) is 2.59. The minimum absolute atomic E-state index is 0.193. The topological polar surface area (TPSA) is 20.2 Å². The number of rotatable bonds is 0. The highest BCUT2D eigenvalue weighted by Gasteiger charge is 2.65. The zero-order chi connectivity index (χ0) is 15.0. The Hall–Kier alpha value is -0.300. The van der Waals surface area contributed by atoms with Crippen LogP contribution in [0.1, 0.15) is 72.1 Å². The first-order chi connectivity index (χ1) is 9.81. The summed E-state index contributed by atoms with van der Waals surface area (Å²) in [6.45, 7) is 11.9. The lowest BCUT2D eigenvalue weighted by Gasteiger charge is -2.64. The second-order valence-corrected chi connectivity index (χ2v) is 9.68. The second-order valence-electron chi connectivity index (χ2n) is 9.68. The largest absolute Gasteiger partial charge is 0.388 e. The highest BCUT2D eigenvalue weighted by molar-refractivity contribution is 5.27. The molecule has 0 heterocycles. The summed E-state index contributed by atoms with van der Waals surface area (Å²) in [5, 5.41) is 11.0. The number of aliphatic hydroxyl groups is 1. The highest BCUT2D eigenvalue weighted by Crippen LogP contribution is 2.71. The number of hydrogen-bond donors (Lipinski definition) is 1.